The molecule has 2 unspecified atom stereocenters. The average molecular weight is 264 g/mol. The summed E-state index contributed by atoms with van der Waals surface area (Å²) in [6.45, 7) is 6.39. The lowest BCUT2D eigenvalue weighted by molar-refractivity contribution is -0.135. The Hall–Kier alpha value is -0.870. The van der Waals surface area contributed by atoms with Crippen LogP contribution in [0.1, 0.15) is 44.7 Å². The van der Waals surface area contributed by atoms with Gasteiger partial charge in [0.25, 0.3) is 0 Å². The fraction of sp³-hybridized carbons (Fsp3) is 0.643. The number of amides is 1. The molecule has 0 aromatic carbocycles. The summed E-state index contributed by atoms with van der Waals surface area (Å²) in [5.74, 6) is 0.904. The first kappa shape index (κ1) is 12.2. The summed E-state index contributed by atoms with van der Waals surface area (Å²) in [6.07, 6.45) is 2.56. The molecule has 18 heavy (non-hydrogen) atoms. The minimum atomic E-state index is -0.0740. The molecule has 3 rings (SSSR count). The fourth-order valence-corrected chi connectivity index (χ4v) is 3.75. The SMILES string of the molecule is CC1NC(c2cccs2)N(C(C)(C)C2CC2)C1=O. The van der Waals surface area contributed by atoms with Gasteiger partial charge in [-0.3, -0.25) is 10.1 Å². The van der Waals surface area contributed by atoms with Crippen LogP contribution in [0.15, 0.2) is 17.5 Å². The predicted molar refractivity (Wildman–Crippen MR) is 73.3 cm³/mol. The first-order valence-corrected chi connectivity index (χ1v) is 7.52. The average Bonchev–Trinajstić information content (AvgIpc) is 2.96. The van der Waals surface area contributed by atoms with E-state index in [0.717, 1.165) is 0 Å². The number of carbonyl (C=O) groups excluding carboxylic acids is 1. The first-order chi connectivity index (χ1) is 8.51. The molecule has 2 atom stereocenters. The van der Waals surface area contributed by atoms with Gasteiger partial charge in [0, 0.05) is 10.4 Å². The Labute approximate surface area is 112 Å². The highest BCUT2D eigenvalue weighted by Crippen LogP contribution is 2.47. The third-order valence-corrected chi connectivity index (χ3v) is 5.21. The maximum atomic E-state index is 12.5. The zero-order chi connectivity index (χ0) is 12.9. The van der Waals surface area contributed by atoms with E-state index < -0.39 is 0 Å². The summed E-state index contributed by atoms with van der Waals surface area (Å²) < 4.78 is 0. The monoisotopic (exact) mass is 264 g/mol. The summed E-state index contributed by atoms with van der Waals surface area (Å²) in [4.78, 5) is 15.8. The van der Waals surface area contributed by atoms with Gasteiger partial charge >= 0.3 is 0 Å². The highest BCUT2D eigenvalue weighted by molar-refractivity contribution is 7.10. The van der Waals surface area contributed by atoms with E-state index in [9.17, 15) is 4.79 Å². The molecular formula is C14H20N2OS. The molecule has 2 fully saturated rings. The quantitative estimate of drug-likeness (QED) is 0.910. The Morgan fingerprint density at radius 3 is 2.72 bits per heavy atom. The molecule has 1 aromatic heterocycles. The molecule has 0 radical (unpaired) electrons. The predicted octanol–water partition coefficient (Wildman–Crippen LogP) is 2.76. The Morgan fingerprint density at radius 2 is 2.17 bits per heavy atom. The lowest BCUT2D eigenvalue weighted by Gasteiger charge is -2.39. The van der Waals surface area contributed by atoms with Crippen molar-refractivity contribution in [2.75, 3.05) is 0 Å². The van der Waals surface area contributed by atoms with Gasteiger partial charge in [0.15, 0.2) is 0 Å². The lowest BCUT2D eigenvalue weighted by Crippen LogP contribution is -2.48. The minimum Gasteiger partial charge on any atom is -0.315 e. The van der Waals surface area contributed by atoms with Gasteiger partial charge in [0.1, 0.15) is 6.17 Å². The van der Waals surface area contributed by atoms with E-state index in [1.54, 1.807) is 11.3 Å². The van der Waals surface area contributed by atoms with Gasteiger partial charge in [0.2, 0.25) is 5.91 Å². The van der Waals surface area contributed by atoms with Gasteiger partial charge in [-0.1, -0.05) is 6.07 Å². The van der Waals surface area contributed by atoms with Crippen LogP contribution in [0.3, 0.4) is 0 Å². The van der Waals surface area contributed by atoms with Crippen molar-refractivity contribution in [3.63, 3.8) is 0 Å². The molecule has 1 amide bonds. The highest BCUT2D eigenvalue weighted by atomic mass is 32.1. The molecule has 2 aliphatic rings. The van der Waals surface area contributed by atoms with Crippen LogP contribution in [0, 0.1) is 5.92 Å². The molecule has 1 saturated heterocycles. The van der Waals surface area contributed by atoms with Gasteiger partial charge in [-0.25, -0.2) is 0 Å². The van der Waals surface area contributed by atoms with Crippen molar-refractivity contribution in [1.82, 2.24) is 10.2 Å². The molecule has 1 aromatic rings. The minimum absolute atomic E-state index is 0.0382. The summed E-state index contributed by atoms with van der Waals surface area (Å²) >= 11 is 1.72. The van der Waals surface area contributed by atoms with Crippen molar-refractivity contribution in [1.29, 1.82) is 0 Å². The molecule has 1 saturated carbocycles. The topological polar surface area (TPSA) is 32.3 Å². The van der Waals surface area contributed by atoms with Crippen molar-refractivity contribution in [3.05, 3.63) is 22.4 Å². The smallest absolute Gasteiger partial charge is 0.241 e. The maximum Gasteiger partial charge on any atom is 0.241 e. The van der Waals surface area contributed by atoms with E-state index >= 15 is 0 Å². The van der Waals surface area contributed by atoms with Crippen LogP contribution in [0.5, 0.6) is 0 Å². The maximum absolute atomic E-state index is 12.5. The Bertz CT molecular complexity index is 450. The zero-order valence-electron chi connectivity index (χ0n) is 11.1. The van der Waals surface area contributed by atoms with E-state index in [1.165, 1.54) is 17.7 Å². The standard InChI is InChI=1S/C14H20N2OS/c1-9-13(17)16(14(2,3)10-6-7-10)12(15-9)11-5-4-8-18-11/h4-5,8-10,12,15H,6-7H2,1-3H3. The second kappa shape index (κ2) is 4.07. The second-order valence-electron chi connectivity index (χ2n) is 5.94. The normalized spacial score (nSPS) is 29.1. The number of nitrogens with zero attached hydrogens (tertiary/aromatic N) is 1. The zero-order valence-corrected chi connectivity index (χ0v) is 12.0. The number of hydrogen-bond donors (Lipinski definition) is 1. The molecule has 2 heterocycles. The van der Waals surface area contributed by atoms with E-state index in [4.69, 9.17) is 0 Å². The molecule has 1 N–H and O–H groups in total. The van der Waals surface area contributed by atoms with E-state index in [-0.39, 0.29) is 23.7 Å². The summed E-state index contributed by atoms with van der Waals surface area (Å²) in [7, 11) is 0. The Balaban J connectivity index is 1.95. The number of nitrogens with one attached hydrogen (secondary N) is 1. The summed E-state index contributed by atoms with van der Waals surface area (Å²) in [6, 6.07) is 4.09. The van der Waals surface area contributed by atoms with Crippen molar-refractivity contribution in [2.45, 2.75) is 51.4 Å². The molecule has 0 spiro atoms. The van der Waals surface area contributed by atoms with Crippen LogP contribution in [0.4, 0.5) is 0 Å². The highest BCUT2D eigenvalue weighted by Gasteiger charge is 2.51. The lowest BCUT2D eigenvalue weighted by atomic mass is 9.95. The van der Waals surface area contributed by atoms with E-state index in [1.807, 2.05) is 6.92 Å². The number of carbonyl (C=O) groups is 1. The van der Waals surface area contributed by atoms with Crippen molar-refractivity contribution < 1.29 is 4.79 Å². The third-order valence-electron chi connectivity index (χ3n) is 4.28. The largest absolute Gasteiger partial charge is 0.315 e. The summed E-state index contributed by atoms with van der Waals surface area (Å²) in [5.41, 5.74) is -0.0382. The van der Waals surface area contributed by atoms with E-state index in [0.29, 0.717) is 5.92 Å². The van der Waals surface area contributed by atoms with Crippen LogP contribution < -0.4 is 5.32 Å². The van der Waals surface area contributed by atoms with Crippen LogP contribution in [0.25, 0.3) is 0 Å². The molecular weight excluding hydrogens is 244 g/mol. The van der Waals surface area contributed by atoms with E-state index in [2.05, 4.69) is 41.6 Å². The van der Waals surface area contributed by atoms with Crippen LogP contribution >= 0.6 is 11.3 Å². The van der Waals surface area contributed by atoms with Crippen molar-refractivity contribution in [3.8, 4) is 0 Å². The fourth-order valence-electron chi connectivity index (χ4n) is 2.98. The van der Waals surface area contributed by atoms with Gasteiger partial charge in [-0.15, -0.1) is 11.3 Å². The molecule has 0 bridgehead atoms. The number of thiophene rings is 1. The van der Waals surface area contributed by atoms with Crippen molar-refractivity contribution >= 4 is 17.2 Å². The number of hydrogen-bond acceptors (Lipinski definition) is 3. The number of rotatable bonds is 3. The van der Waals surface area contributed by atoms with Gasteiger partial charge in [-0.05, 0) is 51.0 Å². The molecule has 4 heteroatoms. The van der Waals surface area contributed by atoms with Crippen LogP contribution in [-0.4, -0.2) is 22.4 Å². The van der Waals surface area contributed by atoms with Gasteiger partial charge in [0.05, 0.1) is 6.04 Å². The summed E-state index contributed by atoms with van der Waals surface area (Å²) in [5, 5.41) is 5.51. The van der Waals surface area contributed by atoms with Crippen molar-refractivity contribution in [2.24, 2.45) is 5.92 Å². The second-order valence-corrected chi connectivity index (χ2v) is 6.92. The molecule has 1 aliphatic heterocycles. The molecule has 98 valence electrons. The Morgan fingerprint density at radius 1 is 1.44 bits per heavy atom. The third kappa shape index (κ3) is 1.79. The first-order valence-electron chi connectivity index (χ1n) is 6.64. The van der Waals surface area contributed by atoms with Gasteiger partial charge in [-0.2, -0.15) is 0 Å². The Kier molecular flexibility index (Phi) is 2.75. The van der Waals surface area contributed by atoms with Crippen LogP contribution in [-0.2, 0) is 4.79 Å². The van der Waals surface area contributed by atoms with Gasteiger partial charge < -0.3 is 4.90 Å². The van der Waals surface area contributed by atoms with Crippen LogP contribution in [0.2, 0.25) is 0 Å². The molecule has 3 nitrogen and oxygen atoms in total. The molecule has 1 aliphatic carbocycles.